The summed E-state index contributed by atoms with van der Waals surface area (Å²) in [7, 11) is -3.40. The highest BCUT2D eigenvalue weighted by Gasteiger charge is 2.28. The van der Waals surface area contributed by atoms with Crippen molar-refractivity contribution < 1.29 is 18.0 Å². The number of amides is 2. The first kappa shape index (κ1) is 19.5. The van der Waals surface area contributed by atoms with Gasteiger partial charge in [-0.2, -0.15) is 0 Å². The van der Waals surface area contributed by atoms with Gasteiger partial charge in [-0.15, -0.1) is 0 Å². The Bertz CT molecular complexity index is 752. The number of hydrogen-bond donors (Lipinski definition) is 2. The molecule has 1 heterocycles. The molecule has 0 radical (unpaired) electrons. The molecule has 138 valence electrons. The van der Waals surface area contributed by atoms with E-state index in [9.17, 15) is 18.0 Å². The summed E-state index contributed by atoms with van der Waals surface area (Å²) in [5.74, 6) is -0.338. The van der Waals surface area contributed by atoms with Crippen LogP contribution in [0.15, 0.2) is 18.2 Å². The van der Waals surface area contributed by atoms with E-state index >= 15 is 0 Å². The Morgan fingerprint density at radius 3 is 2.60 bits per heavy atom. The van der Waals surface area contributed by atoms with E-state index in [4.69, 9.17) is 11.6 Å². The molecule has 0 spiro atoms. The standard InChI is InChI=1S/C16H22ClN3O4S/c1-12(21)18-7-4-8-19-16(22)13-5-6-14(17)15(11-13)20-9-2-3-10-25(20,23)24/h5-6,11H,2-4,7-10H2,1H3,(H,18,21)(H,19,22). The number of carbonyl (C=O) groups is 2. The van der Waals surface area contributed by atoms with Gasteiger partial charge >= 0.3 is 0 Å². The summed E-state index contributed by atoms with van der Waals surface area (Å²) in [6, 6.07) is 4.60. The minimum atomic E-state index is -3.40. The predicted octanol–water partition coefficient (Wildman–Crippen LogP) is 1.53. The average molecular weight is 388 g/mol. The van der Waals surface area contributed by atoms with Gasteiger partial charge in [-0.3, -0.25) is 13.9 Å². The zero-order valence-corrected chi connectivity index (χ0v) is 15.6. The van der Waals surface area contributed by atoms with Crippen LogP contribution < -0.4 is 14.9 Å². The number of anilines is 1. The van der Waals surface area contributed by atoms with E-state index in [1.807, 2.05) is 0 Å². The maximum absolute atomic E-state index is 12.2. The molecule has 9 heteroatoms. The van der Waals surface area contributed by atoms with Crippen LogP contribution in [0.5, 0.6) is 0 Å². The highest BCUT2D eigenvalue weighted by atomic mass is 35.5. The maximum atomic E-state index is 12.2. The van der Waals surface area contributed by atoms with Crippen LogP contribution in [-0.4, -0.2) is 45.6 Å². The topological polar surface area (TPSA) is 95.6 Å². The van der Waals surface area contributed by atoms with Crippen molar-refractivity contribution in [2.24, 2.45) is 0 Å². The van der Waals surface area contributed by atoms with Crippen LogP contribution >= 0.6 is 11.6 Å². The Morgan fingerprint density at radius 2 is 1.92 bits per heavy atom. The van der Waals surface area contributed by atoms with Crippen molar-refractivity contribution in [3.05, 3.63) is 28.8 Å². The smallest absolute Gasteiger partial charge is 0.251 e. The molecule has 1 aromatic carbocycles. The molecule has 1 saturated heterocycles. The van der Waals surface area contributed by atoms with Gasteiger partial charge < -0.3 is 10.6 Å². The lowest BCUT2D eigenvalue weighted by atomic mass is 10.1. The zero-order valence-electron chi connectivity index (χ0n) is 14.0. The number of carbonyl (C=O) groups excluding carboxylic acids is 2. The Labute approximate surface area is 152 Å². The highest BCUT2D eigenvalue weighted by molar-refractivity contribution is 7.92. The molecular formula is C16H22ClN3O4S. The summed E-state index contributed by atoms with van der Waals surface area (Å²) in [5, 5.41) is 5.69. The normalized spacial score (nSPS) is 16.3. The Kier molecular flexibility index (Phi) is 6.66. The van der Waals surface area contributed by atoms with E-state index in [0.29, 0.717) is 48.7 Å². The summed E-state index contributed by atoms with van der Waals surface area (Å²) >= 11 is 6.16. The van der Waals surface area contributed by atoms with E-state index in [1.54, 1.807) is 6.07 Å². The van der Waals surface area contributed by atoms with Gasteiger partial charge in [0.25, 0.3) is 5.91 Å². The molecule has 2 N–H and O–H groups in total. The molecule has 0 saturated carbocycles. The summed E-state index contributed by atoms with van der Waals surface area (Å²) in [5.41, 5.74) is 0.687. The molecule has 25 heavy (non-hydrogen) atoms. The third-order valence-electron chi connectivity index (χ3n) is 3.84. The molecule has 2 rings (SSSR count). The fourth-order valence-corrected chi connectivity index (χ4v) is 4.48. The van der Waals surface area contributed by atoms with Gasteiger partial charge in [0.15, 0.2) is 0 Å². The molecule has 2 amide bonds. The van der Waals surface area contributed by atoms with Gasteiger partial charge in [0.2, 0.25) is 15.9 Å². The Hall–Kier alpha value is -1.80. The molecule has 0 bridgehead atoms. The second kappa shape index (κ2) is 8.53. The van der Waals surface area contributed by atoms with Gasteiger partial charge in [-0.05, 0) is 37.5 Å². The van der Waals surface area contributed by atoms with Crippen molar-refractivity contribution in [1.29, 1.82) is 0 Å². The SMILES string of the molecule is CC(=O)NCCCNC(=O)c1ccc(Cl)c(N2CCCCS2(=O)=O)c1. The van der Waals surface area contributed by atoms with Crippen molar-refractivity contribution in [1.82, 2.24) is 10.6 Å². The van der Waals surface area contributed by atoms with Crippen LogP contribution in [-0.2, 0) is 14.8 Å². The highest BCUT2D eigenvalue weighted by Crippen LogP contribution is 2.31. The molecule has 1 aliphatic rings. The lowest BCUT2D eigenvalue weighted by Crippen LogP contribution is -2.38. The number of sulfonamides is 1. The Morgan fingerprint density at radius 1 is 1.20 bits per heavy atom. The van der Waals surface area contributed by atoms with Gasteiger partial charge in [-0.1, -0.05) is 11.6 Å². The van der Waals surface area contributed by atoms with Crippen molar-refractivity contribution in [2.45, 2.75) is 26.2 Å². The molecular weight excluding hydrogens is 366 g/mol. The van der Waals surface area contributed by atoms with Crippen molar-refractivity contribution >= 4 is 39.1 Å². The molecule has 1 aromatic rings. The Balaban J connectivity index is 2.05. The molecule has 0 atom stereocenters. The second-order valence-corrected chi connectivity index (χ2v) is 8.27. The lowest BCUT2D eigenvalue weighted by molar-refractivity contribution is -0.118. The fourth-order valence-electron chi connectivity index (χ4n) is 2.56. The van der Waals surface area contributed by atoms with Crippen LogP contribution in [0.4, 0.5) is 5.69 Å². The monoisotopic (exact) mass is 387 g/mol. The largest absolute Gasteiger partial charge is 0.356 e. The quantitative estimate of drug-likeness (QED) is 0.723. The van der Waals surface area contributed by atoms with Crippen LogP contribution in [0.3, 0.4) is 0 Å². The van der Waals surface area contributed by atoms with Crippen LogP contribution in [0.2, 0.25) is 5.02 Å². The van der Waals surface area contributed by atoms with Gasteiger partial charge in [0, 0.05) is 32.1 Å². The molecule has 0 unspecified atom stereocenters. The van der Waals surface area contributed by atoms with E-state index in [2.05, 4.69) is 10.6 Å². The fraction of sp³-hybridized carbons (Fsp3) is 0.500. The van der Waals surface area contributed by atoms with E-state index in [1.165, 1.54) is 23.4 Å². The molecule has 0 aliphatic carbocycles. The first-order chi connectivity index (χ1) is 11.8. The van der Waals surface area contributed by atoms with E-state index < -0.39 is 10.0 Å². The summed E-state index contributed by atoms with van der Waals surface area (Å²) in [6.45, 7) is 2.68. The first-order valence-corrected chi connectivity index (χ1v) is 10.1. The summed E-state index contributed by atoms with van der Waals surface area (Å²) < 4.78 is 25.8. The van der Waals surface area contributed by atoms with E-state index in [-0.39, 0.29) is 17.6 Å². The van der Waals surface area contributed by atoms with Gasteiger partial charge in [0.1, 0.15) is 0 Å². The molecule has 1 aliphatic heterocycles. The van der Waals surface area contributed by atoms with Crippen molar-refractivity contribution in [3.63, 3.8) is 0 Å². The van der Waals surface area contributed by atoms with E-state index in [0.717, 1.165) is 6.42 Å². The van der Waals surface area contributed by atoms with Crippen molar-refractivity contribution in [3.8, 4) is 0 Å². The maximum Gasteiger partial charge on any atom is 0.251 e. The predicted molar refractivity (Wildman–Crippen MR) is 97.5 cm³/mol. The number of nitrogens with one attached hydrogen (secondary N) is 2. The third-order valence-corrected chi connectivity index (χ3v) is 6.01. The van der Waals surface area contributed by atoms with Crippen LogP contribution in [0.25, 0.3) is 0 Å². The summed E-state index contributed by atoms with van der Waals surface area (Å²) in [4.78, 5) is 23.0. The molecule has 0 aromatic heterocycles. The number of rotatable bonds is 6. The number of hydrogen-bond acceptors (Lipinski definition) is 4. The number of benzene rings is 1. The second-order valence-electron chi connectivity index (χ2n) is 5.85. The summed E-state index contributed by atoms with van der Waals surface area (Å²) in [6.07, 6.45) is 1.99. The lowest BCUT2D eigenvalue weighted by Gasteiger charge is -2.29. The van der Waals surface area contributed by atoms with Crippen LogP contribution in [0, 0.1) is 0 Å². The first-order valence-electron chi connectivity index (χ1n) is 8.14. The molecule has 7 nitrogen and oxygen atoms in total. The number of halogens is 1. The van der Waals surface area contributed by atoms with Gasteiger partial charge in [-0.25, -0.2) is 8.42 Å². The minimum Gasteiger partial charge on any atom is -0.356 e. The van der Waals surface area contributed by atoms with Gasteiger partial charge in [0.05, 0.1) is 16.5 Å². The molecule has 1 fully saturated rings. The minimum absolute atomic E-state index is 0.0862. The van der Waals surface area contributed by atoms with Crippen LogP contribution in [0.1, 0.15) is 36.5 Å². The zero-order chi connectivity index (χ0) is 18.4. The van der Waals surface area contributed by atoms with Crippen molar-refractivity contribution in [2.75, 3.05) is 29.7 Å². The number of nitrogens with zero attached hydrogens (tertiary/aromatic N) is 1. The third kappa shape index (κ3) is 5.34. The average Bonchev–Trinajstić information content (AvgIpc) is 2.54.